The SMILES string of the molecule is NCc1ccc(-c2nc(C(F)(F)F)nc(N3CCN(c4ccc(C(F)(F)F)cn4)CC3)c2-c2ccccc2)cc1. The van der Waals surface area contributed by atoms with Crippen LogP contribution in [-0.2, 0) is 18.9 Å². The summed E-state index contributed by atoms with van der Waals surface area (Å²) in [7, 11) is 0. The number of anilines is 2. The summed E-state index contributed by atoms with van der Waals surface area (Å²) in [5, 5.41) is 0. The lowest BCUT2D eigenvalue weighted by Crippen LogP contribution is -2.47. The minimum atomic E-state index is -4.79. The topological polar surface area (TPSA) is 71.2 Å². The minimum absolute atomic E-state index is 0.131. The predicted molar refractivity (Wildman–Crippen MR) is 139 cm³/mol. The maximum absolute atomic E-state index is 14.0. The standard InChI is InChI=1S/C28H24F6N6/c29-27(30,31)21-10-11-22(36-17-21)39-12-14-40(15-13-39)25-23(19-4-2-1-3-5-19)24(37-26(38-25)28(32,33)34)20-8-6-18(16-35)7-9-20/h1-11,17H,12-16,35H2. The number of alkyl halides is 6. The van der Waals surface area contributed by atoms with Crippen LogP contribution < -0.4 is 15.5 Å². The van der Waals surface area contributed by atoms with Gasteiger partial charge in [-0.3, -0.25) is 0 Å². The molecule has 1 aliphatic heterocycles. The van der Waals surface area contributed by atoms with Gasteiger partial charge in [0.25, 0.3) is 0 Å². The number of nitrogens with zero attached hydrogens (tertiary/aromatic N) is 5. The van der Waals surface area contributed by atoms with Crippen molar-refractivity contribution in [2.24, 2.45) is 5.73 Å². The van der Waals surface area contributed by atoms with E-state index in [9.17, 15) is 26.3 Å². The quantitative estimate of drug-likeness (QED) is 0.302. The number of nitrogens with two attached hydrogens (primary N) is 1. The van der Waals surface area contributed by atoms with Gasteiger partial charge in [-0.25, -0.2) is 15.0 Å². The van der Waals surface area contributed by atoms with E-state index in [2.05, 4.69) is 15.0 Å². The second-order valence-corrected chi connectivity index (χ2v) is 9.24. The molecule has 1 aliphatic rings. The van der Waals surface area contributed by atoms with Crippen LogP contribution in [0.3, 0.4) is 0 Å². The van der Waals surface area contributed by atoms with Gasteiger partial charge in [0, 0.05) is 44.5 Å². The van der Waals surface area contributed by atoms with Crippen molar-refractivity contribution < 1.29 is 26.3 Å². The summed E-state index contributed by atoms with van der Waals surface area (Å²) in [6, 6.07) is 18.1. The minimum Gasteiger partial charge on any atom is -0.353 e. The number of hydrogen-bond donors (Lipinski definition) is 1. The molecule has 1 saturated heterocycles. The van der Waals surface area contributed by atoms with Crippen LogP contribution in [0.2, 0.25) is 0 Å². The van der Waals surface area contributed by atoms with Crippen LogP contribution in [-0.4, -0.2) is 41.1 Å². The molecule has 0 atom stereocenters. The summed E-state index contributed by atoms with van der Waals surface area (Å²) < 4.78 is 80.9. The molecule has 0 saturated carbocycles. The van der Waals surface area contributed by atoms with Crippen LogP contribution in [0.15, 0.2) is 72.9 Å². The maximum Gasteiger partial charge on any atom is 0.451 e. The van der Waals surface area contributed by atoms with Crippen molar-refractivity contribution in [3.8, 4) is 22.4 Å². The first-order valence-corrected chi connectivity index (χ1v) is 12.4. The Labute approximate surface area is 226 Å². The smallest absolute Gasteiger partial charge is 0.353 e. The molecule has 40 heavy (non-hydrogen) atoms. The zero-order valence-corrected chi connectivity index (χ0v) is 21.0. The number of rotatable bonds is 5. The molecule has 0 spiro atoms. The van der Waals surface area contributed by atoms with Gasteiger partial charge in [-0.05, 0) is 23.3 Å². The van der Waals surface area contributed by atoms with Crippen molar-refractivity contribution >= 4 is 11.6 Å². The number of piperazine rings is 1. The molecule has 1 fully saturated rings. The van der Waals surface area contributed by atoms with Crippen molar-refractivity contribution in [2.45, 2.75) is 18.9 Å². The van der Waals surface area contributed by atoms with Gasteiger partial charge >= 0.3 is 12.4 Å². The lowest BCUT2D eigenvalue weighted by molar-refractivity contribution is -0.144. The molecule has 0 amide bonds. The first-order chi connectivity index (χ1) is 19.0. The summed E-state index contributed by atoms with van der Waals surface area (Å²) in [5.41, 5.74) is 7.40. The number of aromatic nitrogens is 3. The fraction of sp³-hybridized carbons (Fsp3) is 0.250. The largest absolute Gasteiger partial charge is 0.451 e. The monoisotopic (exact) mass is 558 g/mol. The van der Waals surface area contributed by atoms with E-state index in [0.29, 0.717) is 35.6 Å². The lowest BCUT2D eigenvalue weighted by atomic mass is 9.98. The van der Waals surface area contributed by atoms with Crippen molar-refractivity contribution in [1.29, 1.82) is 0 Å². The molecule has 6 nitrogen and oxygen atoms in total. The van der Waals surface area contributed by atoms with E-state index < -0.39 is 23.7 Å². The van der Waals surface area contributed by atoms with Crippen LogP contribution in [0.25, 0.3) is 22.4 Å². The fourth-order valence-electron chi connectivity index (χ4n) is 4.57. The van der Waals surface area contributed by atoms with E-state index in [1.807, 2.05) is 0 Å². The van der Waals surface area contributed by atoms with Crippen molar-refractivity contribution in [2.75, 3.05) is 36.0 Å². The molecule has 0 aliphatic carbocycles. The van der Waals surface area contributed by atoms with Gasteiger partial charge in [0.05, 0.1) is 16.8 Å². The van der Waals surface area contributed by atoms with Crippen molar-refractivity contribution in [1.82, 2.24) is 15.0 Å². The van der Waals surface area contributed by atoms with Crippen molar-refractivity contribution in [3.63, 3.8) is 0 Å². The zero-order chi connectivity index (χ0) is 28.5. The Morgan fingerprint density at radius 1 is 0.700 bits per heavy atom. The van der Waals surface area contributed by atoms with Gasteiger partial charge < -0.3 is 15.5 Å². The Bertz CT molecular complexity index is 1450. The Balaban J connectivity index is 1.54. The van der Waals surface area contributed by atoms with Gasteiger partial charge in [-0.1, -0.05) is 54.6 Å². The number of halogens is 6. The summed E-state index contributed by atoms with van der Waals surface area (Å²) in [6.07, 6.45) is -8.51. The zero-order valence-electron chi connectivity index (χ0n) is 21.0. The number of hydrogen-bond acceptors (Lipinski definition) is 6. The van der Waals surface area contributed by atoms with Crippen LogP contribution in [0.1, 0.15) is 17.0 Å². The molecule has 2 aromatic carbocycles. The highest BCUT2D eigenvalue weighted by molar-refractivity contribution is 5.89. The molecule has 0 bridgehead atoms. The Kier molecular flexibility index (Phi) is 7.37. The third-order valence-electron chi connectivity index (χ3n) is 6.65. The molecule has 0 radical (unpaired) electrons. The third kappa shape index (κ3) is 5.71. The lowest BCUT2D eigenvalue weighted by Gasteiger charge is -2.37. The molecule has 3 heterocycles. The van der Waals surface area contributed by atoms with Crippen LogP contribution >= 0.6 is 0 Å². The number of pyridine rings is 1. The molecule has 0 unspecified atom stereocenters. The second kappa shape index (κ2) is 10.8. The predicted octanol–water partition coefficient (Wildman–Crippen LogP) is 6.03. The molecule has 5 rings (SSSR count). The van der Waals surface area contributed by atoms with Gasteiger partial charge in [0.1, 0.15) is 11.6 Å². The number of benzene rings is 2. The van der Waals surface area contributed by atoms with Crippen LogP contribution in [0.4, 0.5) is 38.0 Å². The second-order valence-electron chi connectivity index (χ2n) is 9.24. The highest BCUT2D eigenvalue weighted by Gasteiger charge is 2.38. The van der Waals surface area contributed by atoms with E-state index in [0.717, 1.165) is 17.8 Å². The van der Waals surface area contributed by atoms with Gasteiger partial charge in [-0.15, -0.1) is 0 Å². The van der Waals surface area contributed by atoms with Crippen LogP contribution in [0.5, 0.6) is 0 Å². The highest BCUT2D eigenvalue weighted by atomic mass is 19.4. The average molecular weight is 559 g/mol. The van der Waals surface area contributed by atoms with Gasteiger partial charge in [-0.2, -0.15) is 26.3 Å². The first kappa shape index (κ1) is 27.4. The van der Waals surface area contributed by atoms with E-state index in [4.69, 9.17) is 5.73 Å². The third-order valence-corrected chi connectivity index (χ3v) is 6.65. The summed E-state index contributed by atoms with van der Waals surface area (Å²) in [4.78, 5) is 15.5. The molecule has 4 aromatic rings. The summed E-state index contributed by atoms with van der Waals surface area (Å²) >= 11 is 0. The van der Waals surface area contributed by atoms with E-state index in [-0.39, 0.29) is 31.1 Å². The molecular weight excluding hydrogens is 534 g/mol. The van der Waals surface area contributed by atoms with E-state index >= 15 is 0 Å². The molecule has 2 N–H and O–H groups in total. The van der Waals surface area contributed by atoms with Gasteiger partial charge in [0.15, 0.2) is 0 Å². The first-order valence-electron chi connectivity index (χ1n) is 12.4. The average Bonchev–Trinajstić information content (AvgIpc) is 2.96. The molecule has 12 heteroatoms. The molecular formula is C28H24F6N6. The Morgan fingerprint density at radius 2 is 1.35 bits per heavy atom. The maximum atomic E-state index is 14.0. The summed E-state index contributed by atoms with van der Waals surface area (Å²) in [5.74, 6) is -0.770. The highest BCUT2D eigenvalue weighted by Crippen LogP contribution is 2.41. The van der Waals surface area contributed by atoms with Crippen LogP contribution in [0, 0.1) is 0 Å². The Morgan fingerprint density at radius 3 is 1.90 bits per heavy atom. The Hall–Kier alpha value is -4.19. The van der Waals surface area contributed by atoms with E-state index in [1.54, 1.807) is 64.4 Å². The van der Waals surface area contributed by atoms with E-state index in [1.165, 1.54) is 6.07 Å². The van der Waals surface area contributed by atoms with Crippen molar-refractivity contribution in [3.05, 3.63) is 89.9 Å². The summed E-state index contributed by atoms with van der Waals surface area (Å²) in [6.45, 7) is 1.45. The van der Waals surface area contributed by atoms with Gasteiger partial charge in [0.2, 0.25) is 5.82 Å². The fourth-order valence-corrected chi connectivity index (χ4v) is 4.57. The normalized spacial score (nSPS) is 14.5. The molecule has 2 aromatic heterocycles. The molecule has 208 valence electrons.